The Bertz CT molecular complexity index is 913. The number of benzene rings is 1. The number of piperidine rings is 1. The smallest absolute Gasteiger partial charge is 0.269 e. The summed E-state index contributed by atoms with van der Waals surface area (Å²) in [6.45, 7) is 7.70. The average Bonchev–Trinajstić information content (AvgIpc) is 3.17. The zero-order chi connectivity index (χ0) is 20.6. The van der Waals surface area contributed by atoms with E-state index < -0.39 is 10.3 Å². The number of nitrogens with zero attached hydrogens (tertiary/aromatic N) is 5. The fraction of sp³-hybridized carbons (Fsp3) is 0.550. The molecule has 1 aromatic carbocycles. The monoisotopic (exact) mass is 398 g/mol. The predicted molar refractivity (Wildman–Crippen MR) is 106 cm³/mol. The molecule has 1 fully saturated rings. The van der Waals surface area contributed by atoms with Gasteiger partial charge in [-0.15, -0.1) is 10.2 Å². The Balaban J connectivity index is 1.43. The molecule has 0 radical (unpaired) electrons. The molecule has 2 aliphatic rings. The van der Waals surface area contributed by atoms with Gasteiger partial charge in [0, 0.05) is 44.2 Å². The molecule has 0 saturated carbocycles. The molecule has 4 rings (SSSR count). The molecule has 0 bridgehead atoms. The van der Waals surface area contributed by atoms with Crippen molar-refractivity contribution in [1.29, 1.82) is 0 Å². The van der Waals surface area contributed by atoms with Crippen LogP contribution in [0.2, 0.25) is 0 Å². The molecular formula is C20H26N6O3. The molecule has 2 aliphatic heterocycles. The van der Waals surface area contributed by atoms with Crippen LogP contribution in [0.15, 0.2) is 24.3 Å². The number of aromatic nitrogens is 3. The van der Waals surface area contributed by atoms with E-state index in [-0.39, 0.29) is 11.6 Å². The summed E-state index contributed by atoms with van der Waals surface area (Å²) in [5.74, 6) is 2.41. The number of carbonyl (C=O) groups is 1. The summed E-state index contributed by atoms with van der Waals surface area (Å²) >= 11 is 0. The van der Waals surface area contributed by atoms with Crippen LogP contribution >= 0.6 is 0 Å². The summed E-state index contributed by atoms with van der Waals surface area (Å²) < 4.78 is 2.22. The first-order chi connectivity index (χ1) is 13.9. The van der Waals surface area contributed by atoms with Crippen LogP contribution in [0.25, 0.3) is 0 Å². The summed E-state index contributed by atoms with van der Waals surface area (Å²) in [6, 6.07) is 6.28. The normalized spacial score (nSPS) is 17.8. The van der Waals surface area contributed by atoms with Crippen molar-refractivity contribution >= 4 is 11.6 Å². The molecule has 2 aromatic rings. The number of non-ortho nitro benzene ring substituents is 1. The molecule has 3 heterocycles. The molecular weight excluding hydrogens is 372 g/mol. The molecule has 29 heavy (non-hydrogen) atoms. The van der Waals surface area contributed by atoms with Gasteiger partial charge in [-0.3, -0.25) is 14.9 Å². The maximum atomic E-state index is 13.2. The van der Waals surface area contributed by atoms with E-state index in [2.05, 4.69) is 20.1 Å². The average molecular weight is 398 g/mol. The van der Waals surface area contributed by atoms with E-state index in [1.807, 2.05) is 18.7 Å². The van der Waals surface area contributed by atoms with Gasteiger partial charge in [-0.05, 0) is 32.3 Å². The molecule has 0 spiro atoms. The number of amides is 1. The lowest BCUT2D eigenvalue weighted by Gasteiger charge is -2.37. The zero-order valence-electron chi connectivity index (χ0n) is 16.8. The van der Waals surface area contributed by atoms with E-state index in [4.69, 9.17) is 0 Å². The molecule has 0 aliphatic carbocycles. The number of fused-ring (bicyclic) bond motifs is 1. The molecule has 154 valence electrons. The van der Waals surface area contributed by atoms with E-state index in [1.165, 1.54) is 12.1 Å². The first-order valence-electron chi connectivity index (χ1n) is 10.0. The summed E-state index contributed by atoms with van der Waals surface area (Å²) in [6.07, 6.45) is 1.74. The van der Waals surface area contributed by atoms with Crippen LogP contribution in [0.4, 0.5) is 5.69 Å². The van der Waals surface area contributed by atoms with E-state index in [1.54, 1.807) is 12.1 Å². The highest BCUT2D eigenvalue weighted by Crippen LogP contribution is 2.32. The lowest BCUT2D eigenvalue weighted by molar-refractivity contribution is -0.384. The minimum Gasteiger partial charge on any atom is -0.342 e. The van der Waals surface area contributed by atoms with Crippen LogP contribution in [-0.4, -0.2) is 50.1 Å². The van der Waals surface area contributed by atoms with Crippen LogP contribution in [0.3, 0.4) is 0 Å². The van der Waals surface area contributed by atoms with E-state index in [9.17, 15) is 14.9 Å². The van der Waals surface area contributed by atoms with Gasteiger partial charge in [-0.1, -0.05) is 12.1 Å². The third-order valence-corrected chi connectivity index (χ3v) is 6.13. The Labute approximate surface area is 169 Å². The van der Waals surface area contributed by atoms with Crippen LogP contribution in [0.5, 0.6) is 0 Å². The fourth-order valence-electron chi connectivity index (χ4n) is 4.28. The van der Waals surface area contributed by atoms with Gasteiger partial charge in [0.15, 0.2) is 0 Å². The van der Waals surface area contributed by atoms with Crippen LogP contribution in [-0.2, 0) is 23.3 Å². The SMILES string of the molecule is CC(C)(C(=O)N1CCC(c2nnc3n2CCNC3)CC1)c1ccc([N+](=O)[O-])cc1. The third kappa shape index (κ3) is 3.62. The molecule has 1 saturated heterocycles. The zero-order valence-corrected chi connectivity index (χ0v) is 16.8. The van der Waals surface area contributed by atoms with Crippen molar-refractivity contribution in [1.82, 2.24) is 25.0 Å². The van der Waals surface area contributed by atoms with Crippen LogP contribution in [0, 0.1) is 10.1 Å². The van der Waals surface area contributed by atoms with Gasteiger partial charge in [-0.2, -0.15) is 0 Å². The summed E-state index contributed by atoms with van der Waals surface area (Å²) in [5.41, 5.74) is 0.0840. The van der Waals surface area contributed by atoms with Crippen molar-refractivity contribution in [2.75, 3.05) is 19.6 Å². The first kappa shape index (κ1) is 19.5. The Morgan fingerprint density at radius 2 is 1.86 bits per heavy atom. The van der Waals surface area contributed by atoms with Crippen molar-refractivity contribution in [2.45, 2.75) is 51.1 Å². The Morgan fingerprint density at radius 3 is 2.52 bits per heavy atom. The number of nitro groups is 1. The molecule has 1 N–H and O–H groups in total. The molecule has 9 heteroatoms. The standard InChI is InChI=1S/C20H26N6O3/c1-20(2,15-3-5-16(6-4-15)26(28)29)19(27)24-10-7-14(8-11-24)18-23-22-17-13-21-9-12-25(17)18/h3-6,14,21H,7-13H2,1-2H3. The van der Waals surface area contributed by atoms with Crippen molar-refractivity contribution < 1.29 is 9.72 Å². The third-order valence-electron chi connectivity index (χ3n) is 6.13. The van der Waals surface area contributed by atoms with Crippen molar-refractivity contribution in [3.05, 3.63) is 51.6 Å². The summed E-state index contributed by atoms with van der Waals surface area (Å²) in [7, 11) is 0. The number of likely N-dealkylation sites (tertiary alicyclic amines) is 1. The fourth-order valence-corrected chi connectivity index (χ4v) is 4.28. The number of hydrogen-bond acceptors (Lipinski definition) is 6. The second-order valence-electron chi connectivity index (χ2n) is 8.30. The highest BCUT2D eigenvalue weighted by atomic mass is 16.6. The van der Waals surface area contributed by atoms with Gasteiger partial charge in [0.25, 0.3) is 5.69 Å². The molecule has 1 aromatic heterocycles. The maximum Gasteiger partial charge on any atom is 0.269 e. The van der Waals surface area contributed by atoms with Gasteiger partial charge in [0.2, 0.25) is 5.91 Å². The molecule has 1 amide bonds. The quantitative estimate of drug-likeness (QED) is 0.623. The van der Waals surface area contributed by atoms with Crippen molar-refractivity contribution in [3.63, 3.8) is 0 Å². The van der Waals surface area contributed by atoms with Gasteiger partial charge < -0.3 is 14.8 Å². The Hall–Kier alpha value is -2.81. The van der Waals surface area contributed by atoms with Crippen molar-refractivity contribution in [3.8, 4) is 0 Å². The Morgan fingerprint density at radius 1 is 1.17 bits per heavy atom. The van der Waals surface area contributed by atoms with Crippen molar-refractivity contribution in [2.24, 2.45) is 0 Å². The highest BCUT2D eigenvalue weighted by Gasteiger charge is 2.37. The lowest BCUT2D eigenvalue weighted by Crippen LogP contribution is -2.47. The summed E-state index contributed by atoms with van der Waals surface area (Å²) in [4.78, 5) is 25.6. The molecule has 0 atom stereocenters. The predicted octanol–water partition coefficient (Wildman–Crippen LogP) is 1.97. The maximum absolute atomic E-state index is 13.2. The van der Waals surface area contributed by atoms with E-state index in [0.29, 0.717) is 19.0 Å². The number of nitro benzene ring substituents is 1. The second-order valence-corrected chi connectivity index (χ2v) is 8.30. The Kier molecular flexibility index (Phi) is 5.08. The second kappa shape index (κ2) is 7.55. The lowest BCUT2D eigenvalue weighted by atomic mass is 9.82. The number of nitrogens with one attached hydrogen (secondary N) is 1. The van der Waals surface area contributed by atoms with Gasteiger partial charge in [-0.25, -0.2) is 0 Å². The minimum atomic E-state index is -0.734. The van der Waals surface area contributed by atoms with Crippen LogP contribution in [0.1, 0.15) is 49.8 Å². The van der Waals surface area contributed by atoms with Gasteiger partial charge >= 0.3 is 0 Å². The molecule has 0 unspecified atom stereocenters. The van der Waals surface area contributed by atoms with E-state index >= 15 is 0 Å². The largest absolute Gasteiger partial charge is 0.342 e. The molecule has 9 nitrogen and oxygen atoms in total. The number of hydrogen-bond donors (Lipinski definition) is 1. The highest BCUT2D eigenvalue weighted by molar-refractivity contribution is 5.87. The number of rotatable bonds is 4. The van der Waals surface area contributed by atoms with Crippen LogP contribution < -0.4 is 5.32 Å². The van der Waals surface area contributed by atoms with Gasteiger partial charge in [0.1, 0.15) is 11.6 Å². The minimum absolute atomic E-state index is 0.0321. The first-order valence-corrected chi connectivity index (χ1v) is 10.0. The van der Waals surface area contributed by atoms with Gasteiger partial charge in [0.05, 0.1) is 16.9 Å². The topological polar surface area (TPSA) is 106 Å². The number of carbonyl (C=O) groups excluding carboxylic acids is 1. The summed E-state index contributed by atoms with van der Waals surface area (Å²) in [5, 5.41) is 22.9. The van der Waals surface area contributed by atoms with E-state index in [0.717, 1.165) is 49.7 Å².